The first kappa shape index (κ1) is 30.4. The number of unbranched alkanes of at least 4 members (excludes halogenated alkanes) is 2. The van der Waals surface area contributed by atoms with Crippen LogP contribution in [0.3, 0.4) is 0 Å². The van der Waals surface area contributed by atoms with Crippen LogP contribution in [0.2, 0.25) is 0 Å². The van der Waals surface area contributed by atoms with E-state index in [1.165, 1.54) is 12.1 Å². The number of ether oxygens (including phenoxy) is 2. The first-order valence-electron chi connectivity index (χ1n) is 14.1. The Labute approximate surface area is 245 Å². The number of aromatic nitrogens is 1. The summed E-state index contributed by atoms with van der Waals surface area (Å²) in [4.78, 5) is 38.3. The van der Waals surface area contributed by atoms with Gasteiger partial charge in [-0.15, -0.1) is 0 Å². The molecule has 0 spiro atoms. The molecule has 10 heteroatoms. The van der Waals surface area contributed by atoms with Gasteiger partial charge < -0.3 is 19.7 Å². The van der Waals surface area contributed by atoms with Crippen LogP contribution in [0.25, 0.3) is 0 Å². The number of pyridine rings is 1. The van der Waals surface area contributed by atoms with Crippen molar-refractivity contribution in [2.75, 3.05) is 31.9 Å². The maximum atomic E-state index is 13.6. The van der Waals surface area contributed by atoms with E-state index < -0.39 is 0 Å². The van der Waals surface area contributed by atoms with Gasteiger partial charge in [-0.1, -0.05) is 48.6 Å². The van der Waals surface area contributed by atoms with Crippen LogP contribution < -0.4 is 25.2 Å². The van der Waals surface area contributed by atoms with E-state index in [9.17, 15) is 18.8 Å². The third-order valence-corrected chi connectivity index (χ3v) is 6.93. The first-order valence-corrected chi connectivity index (χ1v) is 14.1. The highest BCUT2D eigenvalue weighted by atomic mass is 19.1. The van der Waals surface area contributed by atoms with E-state index in [0.717, 1.165) is 24.8 Å². The first-order chi connectivity index (χ1) is 20.4. The Kier molecular flexibility index (Phi) is 10.7. The van der Waals surface area contributed by atoms with Crippen molar-refractivity contribution >= 4 is 12.3 Å². The second kappa shape index (κ2) is 14.9. The fourth-order valence-electron chi connectivity index (χ4n) is 4.71. The molecular weight excluding hydrogens is 539 g/mol. The van der Waals surface area contributed by atoms with Gasteiger partial charge in [-0.25, -0.2) is 4.39 Å². The lowest BCUT2D eigenvalue weighted by Gasteiger charge is -2.38. The Morgan fingerprint density at radius 1 is 1.02 bits per heavy atom. The normalized spacial score (nSPS) is 12.9. The van der Waals surface area contributed by atoms with E-state index in [-0.39, 0.29) is 41.7 Å². The van der Waals surface area contributed by atoms with Crippen LogP contribution in [0.5, 0.6) is 11.5 Å². The van der Waals surface area contributed by atoms with Gasteiger partial charge in [0.05, 0.1) is 6.61 Å². The highest BCUT2D eigenvalue weighted by Crippen LogP contribution is 2.23. The predicted molar refractivity (Wildman–Crippen MR) is 159 cm³/mol. The summed E-state index contributed by atoms with van der Waals surface area (Å²) in [7, 11) is 1.72. The quantitative estimate of drug-likeness (QED) is 0.165. The number of hydrogen-bond donors (Lipinski definition) is 1. The zero-order chi connectivity index (χ0) is 29.9. The molecule has 0 bridgehead atoms. The topological polar surface area (TPSA) is 93.1 Å². The van der Waals surface area contributed by atoms with Crippen molar-refractivity contribution in [2.24, 2.45) is 0 Å². The van der Waals surface area contributed by atoms with Crippen molar-refractivity contribution in [2.45, 2.75) is 45.8 Å². The summed E-state index contributed by atoms with van der Waals surface area (Å²) in [5.74, 6) is -0.133. The molecule has 9 nitrogen and oxygen atoms in total. The molecule has 4 rings (SSSR count). The molecule has 42 heavy (non-hydrogen) atoms. The highest BCUT2D eigenvalue weighted by Gasteiger charge is 2.31. The number of hydrogen-bond acceptors (Lipinski definition) is 6. The standard InChI is InChI=1S/C32H37FN4O5/c1-24-20-37-29(31(30(24)39)42-21-25-12-8-7-9-13-25)32(40)35(2)23-36(37)16-10-5-3-4-6-11-17-41-28-18-27(33)15-14-26(28)19-34-22-38/h4,6-9,12-15,18,20,22H,3,5,10-11,16-17,19,21,23H2,1-2H3,(H,34,38)/b6-4-. The number of aryl methyl sites for hydroxylation is 1. The molecule has 0 fully saturated rings. The molecule has 3 aromatic rings. The molecule has 2 heterocycles. The van der Waals surface area contributed by atoms with Crippen LogP contribution in [0.1, 0.15) is 52.9 Å². The van der Waals surface area contributed by atoms with Gasteiger partial charge in [0.2, 0.25) is 11.8 Å². The van der Waals surface area contributed by atoms with Crippen LogP contribution in [-0.4, -0.2) is 48.8 Å². The van der Waals surface area contributed by atoms with Crippen molar-refractivity contribution < 1.29 is 23.5 Å². The van der Waals surface area contributed by atoms with Crippen LogP contribution >= 0.6 is 0 Å². The molecule has 1 aliphatic heterocycles. The van der Waals surface area contributed by atoms with E-state index in [2.05, 4.69) is 11.4 Å². The number of nitrogens with zero attached hydrogens (tertiary/aromatic N) is 3. The molecule has 2 aromatic carbocycles. The third kappa shape index (κ3) is 7.78. The average Bonchev–Trinajstić information content (AvgIpc) is 2.99. The third-order valence-electron chi connectivity index (χ3n) is 6.93. The minimum Gasteiger partial charge on any atom is -0.493 e. The number of nitrogens with one attached hydrogen (secondary N) is 1. The molecule has 222 valence electrons. The molecule has 1 aromatic heterocycles. The van der Waals surface area contributed by atoms with Crippen LogP contribution in [0, 0.1) is 12.7 Å². The van der Waals surface area contributed by atoms with E-state index in [1.807, 2.05) is 41.4 Å². The summed E-state index contributed by atoms with van der Waals surface area (Å²) in [6.45, 7) is 3.70. The molecule has 0 saturated heterocycles. The summed E-state index contributed by atoms with van der Waals surface area (Å²) in [5, 5.41) is 4.61. The van der Waals surface area contributed by atoms with Crippen LogP contribution in [0.4, 0.5) is 4.39 Å². The molecule has 0 unspecified atom stereocenters. The molecule has 2 amide bonds. The van der Waals surface area contributed by atoms with Crippen molar-refractivity contribution in [1.82, 2.24) is 14.9 Å². The van der Waals surface area contributed by atoms with Crippen LogP contribution in [-0.2, 0) is 17.9 Å². The number of halogens is 1. The largest absolute Gasteiger partial charge is 0.493 e. The van der Waals surface area contributed by atoms with Gasteiger partial charge in [-0.05, 0) is 44.2 Å². The van der Waals surface area contributed by atoms with Gasteiger partial charge in [0.25, 0.3) is 5.91 Å². The van der Waals surface area contributed by atoms with Gasteiger partial charge in [0, 0.05) is 43.5 Å². The van der Waals surface area contributed by atoms with E-state index >= 15 is 0 Å². The smallest absolute Gasteiger partial charge is 0.277 e. The number of rotatable bonds is 15. The lowest BCUT2D eigenvalue weighted by Crippen LogP contribution is -2.53. The molecule has 0 aliphatic carbocycles. The monoisotopic (exact) mass is 576 g/mol. The van der Waals surface area contributed by atoms with Gasteiger partial charge in [0.15, 0.2) is 11.4 Å². The Balaban J connectivity index is 1.29. The van der Waals surface area contributed by atoms with E-state index in [4.69, 9.17) is 9.47 Å². The number of allylic oxidation sites excluding steroid dienone is 1. The van der Waals surface area contributed by atoms with E-state index in [0.29, 0.717) is 49.5 Å². The Hall–Kier alpha value is -4.60. The Morgan fingerprint density at radius 2 is 1.81 bits per heavy atom. The second-order valence-corrected chi connectivity index (χ2v) is 10.2. The second-order valence-electron chi connectivity index (χ2n) is 10.2. The molecule has 0 atom stereocenters. The number of benzene rings is 2. The highest BCUT2D eigenvalue weighted by molar-refractivity contribution is 5.96. The number of carbonyl (C=O) groups excluding carboxylic acids is 2. The fourth-order valence-corrected chi connectivity index (χ4v) is 4.71. The summed E-state index contributed by atoms with van der Waals surface area (Å²) in [6.07, 6.45) is 9.80. The van der Waals surface area contributed by atoms with E-state index in [1.54, 1.807) is 35.8 Å². The maximum absolute atomic E-state index is 13.6. The summed E-state index contributed by atoms with van der Waals surface area (Å²) < 4.78 is 27.1. The SMILES string of the molecule is Cc1cn2c(c(OCc3ccccc3)c1=O)C(=O)N(C)CN2CCCC/C=C\CCOc1cc(F)ccc1CNC=O. The number of fused-ring (bicyclic) bond motifs is 1. The molecule has 1 aliphatic rings. The van der Waals surface area contributed by atoms with Gasteiger partial charge in [-0.3, -0.25) is 24.1 Å². The van der Waals surface area contributed by atoms with Crippen molar-refractivity contribution in [3.63, 3.8) is 0 Å². The van der Waals surface area contributed by atoms with Gasteiger partial charge >= 0.3 is 0 Å². The zero-order valence-corrected chi connectivity index (χ0v) is 24.1. The number of carbonyl (C=O) groups is 2. The molecule has 0 saturated carbocycles. The predicted octanol–water partition coefficient (Wildman–Crippen LogP) is 4.30. The summed E-state index contributed by atoms with van der Waals surface area (Å²) in [5.41, 5.74) is 2.11. The summed E-state index contributed by atoms with van der Waals surface area (Å²) >= 11 is 0. The van der Waals surface area contributed by atoms with Gasteiger partial charge in [-0.2, -0.15) is 0 Å². The molecular formula is C32H37FN4O5. The molecule has 1 N–H and O–H groups in total. The maximum Gasteiger partial charge on any atom is 0.277 e. The van der Waals surface area contributed by atoms with Crippen molar-refractivity contribution in [3.05, 3.63) is 105 Å². The average molecular weight is 577 g/mol. The fraction of sp³-hybridized carbons (Fsp3) is 0.344. The lowest BCUT2D eigenvalue weighted by molar-refractivity contribution is -0.109. The zero-order valence-electron chi connectivity index (χ0n) is 24.1. The van der Waals surface area contributed by atoms with Gasteiger partial charge in [0.1, 0.15) is 24.8 Å². The van der Waals surface area contributed by atoms with Crippen molar-refractivity contribution in [3.8, 4) is 11.5 Å². The Bertz CT molecular complexity index is 1460. The lowest BCUT2D eigenvalue weighted by atomic mass is 10.2. The van der Waals surface area contributed by atoms with Crippen LogP contribution in [0.15, 0.2) is 71.7 Å². The minimum atomic E-state index is -0.389. The Morgan fingerprint density at radius 3 is 2.60 bits per heavy atom. The minimum absolute atomic E-state index is 0.0796. The molecule has 0 radical (unpaired) electrons. The summed E-state index contributed by atoms with van der Waals surface area (Å²) in [6, 6.07) is 13.8. The van der Waals surface area contributed by atoms with Crippen molar-refractivity contribution in [1.29, 1.82) is 0 Å². The number of amides is 2.